The van der Waals surface area contributed by atoms with Crippen LogP contribution < -0.4 is 4.74 Å². The van der Waals surface area contributed by atoms with Gasteiger partial charge in [0.1, 0.15) is 6.29 Å². The van der Waals surface area contributed by atoms with Crippen molar-refractivity contribution in [1.82, 2.24) is 4.98 Å². The highest BCUT2D eigenvalue weighted by Gasteiger charge is 1.95. The van der Waals surface area contributed by atoms with Gasteiger partial charge in [-0.15, -0.1) is 0 Å². The average molecular weight is 165 g/mol. The molecule has 3 nitrogen and oxygen atoms in total. The normalized spacial score (nSPS) is 9.42. The second kappa shape index (κ2) is 4.49. The van der Waals surface area contributed by atoms with Crippen molar-refractivity contribution in [2.24, 2.45) is 0 Å². The smallest absolute Gasteiger partial charge is 0.213 e. The van der Waals surface area contributed by atoms with Crippen LogP contribution in [0.2, 0.25) is 0 Å². The van der Waals surface area contributed by atoms with Gasteiger partial charge in [-0.2, -0.15) is 0 Å². The number of pyridine rings is 1. The Morgan fingerprint density at radius 1 is 1.58 bits per heavy atom. The zero-order valence-electron chi connectivity index (χ0n) is 6.99. The van der Waals surface area contributed by atoms with Gasteiger partial charge in [0.2, 0.25) is 5.88 Å². The topological polar surface area (TPSA) is 39.2 Å². The lowest BCUT2D eigenvalue weighted by Gasteiger charge is -2.01. The van der Waals surface area contributed by atoms with Gasteiger partial charge in [-0.05, 0) is 13.0 Å². The van der Waals surface area contributed by atoms with Crippen LogP contribution >= 0.6 is 0 Å². The lowest BCUT2D eigenvalue weighted by atomic mass is 10.3. The molecule has 0 aliphatic rings. The first kappa shape index (κ1) is 8.71. The molecule has 0 N–H and O–H groups in total. The van der Waals surface area contributed by atoms with E-state index in [1.807, 2.05) is 13.0 Å². The number of aromatic nitrogens is 1. The molecular weight excluding hydrogens is 154 g/mol. The van der Waals surface area contributed by atoms with E-state index in [1.165, 1.54) is 0 Å². The Labute approximate surface area is 71.4 Å². The summed E-state index contributed by atoms with van der Waals surface area (Å²) in [6.07, 6.45) is 1.18. The number of ether oxygens (including phenoxy) is 1. The van der Waals surface area contributed by atoms with Gasteiger partial charge in [0.15, 0.2) is 0 Å². The van der Waals surface area contributed by atoms with E-state index in [1.54, 1.807) is 12.1 Å². The van der Waals surface area contributed by atoms with Crippen LogP contribution in [0.5, 0.6) is 5.88 Å². The van der Waals surface area contributed by atoms with Gasteiger partial charge in [0, 0.05) is 12.5 Å². The summed E-state index contributed by atoms with van der Waals surface area (Å²) in [4.78, 5) is 14.3. The summed E-state index contributed by atoms with van der Waals surface area (Å²) in [5.74, 6) is 0.580. The van der Waals surface area contributed by atoms with E-state index in [2.05, 4.69) is 4.98 Å². The highest BCUT2D eigenvalue weighted by molar-refractivity contribution is 5.53. The van der Waals surface area contributed by atoms with Crippen molar-refractivity contribution in [3.05, 3.63) is 23.9 Å². The van der Waals surface area contributed by atoms with E-state index in [4.69, 9.17) is 4.74 Å². The van der Waals surface area contributed by atoms with E-state index in [-0.39, 0.29) is 0 Å². The molecule has 1 heterocycles. The van der Waals surface area contributed by atoms with Crippen molar-refractivity contribution in [1.29, 1.82) is 0 Å². The van der Waals surface area contributed by atoms with Crippen LogP contribution in [0, 0.1) is 0 Å². The van der Waals surface area contributed by atoms with Crippen LogP contribution in [-0.2, 0) is 11.2 Å². The molecule has 1 aromatic heterocycles. The second-order valence-corrected chi connectivity index (χ2v) is 2.27. The monoisotopic (exact) mass is 165 g/mol. The summed E-state index contributed by atoms with van der Waals surface area (Å²) in [6, 6.07) is 5.41. The molecule has 0 aliphatic heterocycles. The van der Waals surface area contributed by atoms with Crippen molar-refractivity contribution >= 4 is 6.29 Å². The molecule has 1 rings (SSSR count). The molecule has 0 bridgehead atoms. The van der Waals surface area contributed by atoms with Gasteiger partial charge in [0.25, 0.3) is 0 Å². The second-order valence-electron chi connectivity index (χ2n) is 2.27. The minimum absolute atomic E-state index is 0.348. The largest absolute Gasteiger partial charge is 0.478 e. The van der Waals surface area contributed by atoms with Gasteiger partial charge in [-0.3, -0.25) is 0 Å². The van der Waals surface area contributed by atoms with Crippen molar-refractivity contribution in [3.8, 4) is 5.88 Å². The van der Waals surface area contributed by atoms with Gasteiger partial charge in [-0.25, -0.2) is 4.98 Å². The zero-order chi connectivity index (χ0) is 8.81. The maximum absolute atomic E-state index is 10.2. The zero-order valence-corrected chi connectivity index (χ0v) is 6.99. The summed E-state index contributed by atoms with van der Waals surface area (Å²) in [6.45, 7) is 2.49. The minimum atomic E-state index is 0.348. The minimum Gasteiger partial charge on any atom is -0.478 e. The number of rotatable bonds is 4. The number of carbonyl (C=O) groups is 1. The summed E-state index contributed by atoms with van der Waals surface area (Å²) in [5.41, 5.74) is 0.746. The maximum Gasteiger partial charge on any atom is 0.213 e. The Hall–Kier alpha value is -1.38. The Kier molecular flexibility index (Phi) is 3.26. The first-order valence-electron chi connectivity index (χ1n) is 3.89. The third kappa shape index (κ3) is 2.34. The molecule has 0 aliphatic carbocycles. The molecule has 0 unspecified atom stereocenters. The quantitative estimate of drug-likeness (QED) is 0.630. The number of nitrogens with zero attached hydrogens (tertiary/aromatic N) is 1. The van der Waals surface area contributed by atoms with E-state index in [9.17, 15) is 4.79 Å². The third-order valence-electron chi connectivity index (χ3n) is 1.37. The maximum atomic E-state index is 10.2. The molecule has 1 aromatic rings. The van der Waals surface area contributed by atoms with Crippen molar-refractivity contribution in [2.75, 3.05) is 6.61 Å². The summed E-state index contributed by atoms with van der Waals surface area (Å²) >= 11 is 0. The summed E-state index contributed by atoms with van der Waals surface area (Å²) in [7, 11) is 0. The fourth-order valence-electron chi connectivity index (χ4n) is 0.885. The predicted octanol–water partition coefficient (Wildman–Crippen LogP) is 1.22. The van der Waals surface area contributed by atoms with Gasteiger partial charge in [0.05, 0.1) is 12.3 Å². The van der Waals surface area contributed by atoms with Gasteiger partial charge < -0.3 is 9.53 Å². The molecule has 3 heteroatoms. The lowest BCUT2D eigenvalue weighted by Crippen LogP contribution is -1.97. The summed E-state index contributed by atoms with van der Waals surface area (Å²) in [5, 5.41) is 0. The fourth-order valence-corrected chi connectivity index (χ4v) is 0.885. The van der Waals surface area contributed by atoms with Crippen LogP contribution in [0.25, 0.3) is 0 Å². The number of carbonyl (C=O) groups excluding carboxylic acids is 1. The van der Waals surface area contributed by atoms with Crippen molar-refractivity contribution in [2.45, 2.75) is 13.3 Å². The van der Waals surface area contributed by atoms with Crippen molar-refractivity contribution in [3.63, 3.8) is 0 Å². The van der Waals surface area contributed by atoms with E-state index < -0.39 is 0 Å². The van der Waals surface area contributed by atoms with Crippen LogP contribution in [0.3, 0.4) is 0 Å². The molecular formula is C9H11NO2. The van der Waals surface area contributed by atoms with Crippen LogP contribution in [0.4, 0.5) is 0 Å². The van der Waals surface area contributed by atoms with E-state index in [0.717, 1.165) is 12.0 Å². The molecule has 12 heavy (non-hydrogen) atoms. The molecule has 0 saturated heterocycles. The highest BCUT2D eigenvalue weighted by Crippen LogP contribution is 2.06. The number of aldehydes is 1. The number of hydrogen-bond acceptors (Lipinski definition) is 3. The average Bonchev–Trinajstić information content (AvgIpc) is 2.06. The molecule has 0 saturated carbocycles. The van der Waals surface area contributed by atoms with Gasteiger partial charge >= 0.3 is 0 Å². The van der Waals surface area contributed by atoms with Gasteiger partial charge in [-0.1, -0.05) is 6.07 Å². The Morgan fingerprint density at radius 2 is 2.42 bits per heavy atom. The SMILES string of the molecule is CCOc1cccc(CC=O)n1. The fraction of sp³-hybridized carbons (Fsp3) is 0.333. The molecule has 0 radical (unpaired) electrons. The van der Waals surface area contributed by atoms with Crippen LogP contribution in [0.1, 0.15) is 12.6 Å². The first-order chi connectivity index (χ1) is 5.86. The Morgan fingerprint density at radius 3 is 3.08 bits per heavy atom. The standard InChI is InChI=1S/C9H11NO2/c1-2-12-9-5-3-4-8(10-9)6-7-11/h3-5,7H,2,6H2,1H3. The Balaban J connectivity index is 2.73. The summed E-state index contributed by atoms with van der Waals surface area (Å²) < 4.78 is 5.17. The molecule has 0 atom stereocenters. The van der Waals surface area contributed by atoms with Crippen LogP contribution in [-0.4, -0.2) is 17.9 Å². The first-order valence-corrected chi connectivity index (χ1v) is 3.89. The predicted molar refractivity (Wildman–Crippen MR) is 45.2 cm³/mol. The van der Waals surface area contributed by atoms with Crippen molar-refractivity contribution < 1.29 is 9.53 Å². The van der Waals surface area contributed by atoms with Crippen LogP contribution in [0.15, 0.2) is 18.2 Å². The van der Waals surface area contributed by atoms with E-state index in [0.29, 0.717) is 18.9 Å². The molecule has 0 amide bonds. The Bertz CT molecular complexity index is 260. The van der Waals surface area contributed by atoms with E-state index >= 15 is 0 Å². The molecule has 0 spiro atoms. The third-order valence-corrected chi connectivity index (χ3v) is 1.37. The molecule has 0 aromatic carbocycles. The molecule has 64 valence electrons. The number of hydrogen-bond donors (Lipinski definition) is 0. The lowest BCUT2D eigenvalue weighted by molar-refractivity contribution is -0.107. The molecule has 0 fully saturated rings. The highest BCUT2D eigenvalue weighted by atomic mass is 16.5.